The predicted molar refractivity (Wildman–Crippen MR) is 50.4 cm³/mol. The summed E-state index contributed by atoms with van der Waals surface area (Å²) in [6.45, 7) is -1.30. The zero-order valence-electron chi connectivity index (χ0n) is 6.69. The summed E-state index contributed by atoms with van der Waals surface area (Å²) < 4.78 is 35.8. The van der Waals surface area contributed by atoms with E-state index in [1.807, 2.05) is 0 Å². The van der Waals surface area contributed by atoms with Gasteiger partial charge in [-0.05, 0) is 22.0 Å². The Labute approximate surface area is 90.2 Å². The molecule has 1 rings (SSSR count). The lowest BCUT2D eigenvalue weighted by atomic mass is 10.4. The molecule has 1 aromatic heterocycles. The Morgan fingerprint density at radius 3 is 2.64 bits per heavy atom. The van der Waals surface area contributed by atoms with Crippen LogP contribution in [0.5, 0.6) is 0 Å². The van der Waals surface area contributed by atoms with Crippen molar-refractivity contribution in [3.63, 3.8) is 0 Å². The first kappa shape index (κ1) is 11.5. The minimum Gasteiger partial charge on any atom is -0.342 e. The van der Waals surface area contributed by atoms with Crippen LogP contribution in [0.25, 0.3) is 0 Å². The van der Waals surface area contributed by atoms with Gasteiger partial charge in [-0.25, -0.2) is 0 Å². The number of thiophene rings is 1. The number of nitrogens with one attached hydrogen (secondary N) is 1. The summed E-state index contributed by atoms with van der Waals surface area (Å²) in [7, 11) is 0. The molecule has 1 N–H and O–H groups in total. The number of carbonyl (C=O) groups is 1. The highest BCUT2D eigenvalue weighted by Gasteiger charge is 2.28. The van der Waals surface area contributed by atoms with Gasteiger partial charge in [0.25, 0.3) is 5.91 Å². The summed E-state index contributed by atoms with van der Waals surface area (Å²) in [5.41, 5.74) is 0. The van der Waals surface area contributed by atoms with Crippen molar-refractivity contribution in [1.29, 1.82) is 0 Å². The number of hydrogen-bond donors (Lipinski definition) is 1. The van der Waals surface area contributed by atoms with E-state index in [-0.39, 0.29) is 4.88 Å². The fourth-order valence-electron chi connectivity index (χ4n) is 0.700. The highest BCUT2D eigenvalue weighted by Crippen LogP contribution is 2.20. The van der Waals surface area contributed by atoms with Gasteiger partial charge in [-0.3, -0.25) is 4.79 Å². The molecule has 0 bridgehead atoms. The van der Waals surface area contributed by atoms with E-state index in [4.69, 9.17) is 0 Å². The van der Waals surface area contributed by atoms with Gasteiger partial charge in [-0.15, -0.1) is 11.3 Å². The van der Waals surface area contributed by atoms with Crippen molar-refractivity contribution in [1.82, 2.24) is 5.32 Å². The summed E-state index contributed by atoms with van der Waals surface area (Å²) in [4.78, 5) is 11.3. The van der Waals surface area contributed by atoms with E-state index in [0.717, 1.165) is 11.3 Å². The van der Waals surface area contributed by atoms with Gasteiger partial charge in [-0.1, -0.05) is 0 Å². The van der Waals surface area contributed by atoms with E-state index in [2.05, 4.69) is 15.9 Å². The van der Waals surface area contributed by atoms with Crippen molar-refractivity contribution in [3.8, 4) is 0 Å². The number of carbonyl (C=O) groups excluding carboxylic acids is 1. The molecule has 0 spiro atoms. The van der Waals surface area contributed by atoms with Gasteiger partial charge in [0.05, 0.1) is 4.88 Å². The molecule has 2 nitrogen and oxygen atoms in total. The SMILES string of the molecule is O=C(NCC(F)(F)F)c1cc(Br)cs1. The van der Waals surface area contributed by atoms with Crippen LogP contribution in [0.1, 0.15) is 9.67 Å². The van der Waals surface area contributed by atoms with Crippen molar-refractivity contribution in [2.75, 3.05) is 6.54 Å². The summed E-state index contributed by atoms with van der Waals surface area (Å²) in [5, 5.41) is 3.41. The van der Waals surface area contributed by atoms with Crippen LogP contribution in [0.2, 0.25) is 0 Å². The first-order valence-corrected chi connectivity index (χ1v) is 5.15. The van der Waals surface area contributed by atoms with Crippen LogP contribution < -0.4 is 5.32 Å². The maximum atomic E-state index is 11.7. The lowest BCUT2D eigenvalue weighted by Crippen LogP contribution is -2.33. The summed E-state index contributed by atoms with van der Waals surface area (Å²) in [6, 6.07) is 1.47. The molecule has 7 heteroatoms. The van der Waals surface area contributed by atoms with Gasteiger partial charge in [0.2, 0.25) is 0 Å². The predicted octanol–water partition coefficient (Wildman–Crippen LogP) is 2.80. The van der Waals surface area contributed by atoms with Crippen LogP contribution >= 0.6 is 27.3 Å². The third-order valence-corrected chi connectivity index (χ3v) is 2.93. The molecule has 0 radical (unpaired) electrons. The molecule has 0 saturated heterocycles. The second-order valence-corrected chi connectivity index (χ2v) is 4.25. The molecule has 0 aromatic carbocycles. The number of hydrogen-bond acceptors (Lipinski definition) is 2. The monoisotopic (exact) mass is 287 g/mol. The van der Waals surface area contributed by atoms with Gasteiger partial charge >= 0.3 is 6.18 Å². The van der Waals surface area contributed by atoms with Crippen LogP contribution in [0, 0.1) is 0 Å². The number of halogens is 4. The fraction of sp³-hybridized carbons (Fsp3) is 0.286. The van der Waals surface area contributed by atoms with Crippen LogP contribution in [0.15, 0.2) is 15.9 Å². The van der Waals surface area contributed by atoms with Crippen molar-refractivity contribution in [2.45, 2.75) is 6.18 Å². The average molecular weight is 288 g/mol. The number of amides is 1. The Hall–Kier alpha value is -0.560. The van der Waals surface area contributed by atoms with Crippen molar-refractivity contribution in [2.24, 2.45) is 0 Å². The van der Waals surface area contributed by atoms with Crippen LogP contribution in [-0.4, -0.2) is 18.6 Å². The molecule has 0 unspecified atom stereocenters. The highest BCUT2D eigenvalue weighted by atomic mass is 79.9. The van der Waals surface area contributed by atoms with Crippen molar-refractivity contribution >= 4 is 33.2 Å². The minimum atomic E-state index is -4.37. The molecule has 0 fully saturated rings. The zero-order valence-corrected chi connectivity index (χ0v) is 9.09. The molecular weight excluding hydrogens is 283 g/mol. The maximum Gasteiger partial charge on any atom is 0.405 e. The van der Waals surface area contributed by atoms with Crippen LogP contribution in [-0.2, 0) is 0 Å². The standard InChI is InChI=1S/C7H5BrF3NOS/c8-4-1-5(14-2-4)6(13)12-3-7(9,10)11/h1-2H,3H2,(H,12,13). The lowest BCUT2D eigenvalue weighted by Gasteiger charge is -2.06. The van der Waals surface area contributed by atoms with E-state index in [1.54, 1.807) is 10.7 Å². The second-order valence-electron chi connectivity index (χ2n) is 2.43. The molecule has 0 atom stereocenters. The Kier molecular flexibility index (Phi) is 3.54. The van der Waals surface area contributed by atoms with Gasteiger partial charge < -0.3 is 5.32 Å². The Morgan fingerprint density at radius 2 is 2.21 bits per heavy atom. The number of alkyl halides is 3. The van der Waals surface area contributed by atoms with Gasteiger partial charge in [0, 0.05) is 9.85 Å². The summed E-state index contributed by atoms with van der Waals surface area (Å²) in [5.74, 6) is -0.710. The van der Waals surface area contributed by atoms with Crippen LogP contribution in [0.3, 0.4) is 0 Å². The van der Waals surface area contributed by atoms with Crippen LogP contribution in [0.4, 0.5) is 13.2 Å². The molecule has 1 heterocycles. The Morgan fingerprint density at radius 1 is 1.57 bits per heavy atom. The first-order chi connectivity index (χ1) is 6.38. The quantitative estimate of drug-likeness (QED) is 0.890. The fourth-order valence-corrected chi connectivity index (χ4v) is 2.04. The van der Waals surface area contributed by atoms with Crippen molar-refractivity contribution < 1.29 is 18.0 Å². The van der Waals surface area contributed by atoms with E-state index in [1.165, 1.54) is 6.07 Å². The topological polar surface area (TPSA) is 29.1 Å². The smallest absolute Gasteiger partial charge is 0.342 e. The molecular formula is C7H5BrF3NOS. The normalized spacial score (nSPS) is 11.4. The third-order valence-electron chi connectivity index (χ3n) is 1.24. The summed E-state index contributed by atoms with van der Waals surface area (Å²) >= 11 is 4.18. The lowest BCUT2D eigenvalue weighted by molar-refractivity contribution is -0.123. The molecule has 78 valence electrons. The van der Waals surface area contributed by atoms with Gasteiger partial charge in [-0.2, -0.15) is 13.2 Å². The van der Waals surface area contributed by atoms with Gasteiger partial charge in [0.15, 0.2) is 0 Å². The second kappa shape index (κ2) is 4.31. The van der Waals surface area contributed by atoms with Crippen molar-refractivity contribution in [3.05, 3.63) is 20.8 Å². The largest absolute Gasteiger partial charge is 0.405 e. The third kappa shape index (κ3) is 3.67. The Bertz CT molecular complexity index is 336. The molecule has 1 amide bonds. The molecule has 0 aliphatic rings. The highest BCUT2D eigenvalue weighted by molar-refractivity contribution is 9.10. The molecule has 14 heavy (non-hydrogen) atoms. The van der Waals surface area contributed by atoms with E-state index < -0.39 is 18.6 Å². The molecule has 0 saturated carbocycles. The average Bonchev–Trinajstić information content (AvgIpc) is 2.46. The zero-order chi connectivity index (χ0) is 10.8. The van der Waals surface area contributed by atoms with E-state index in [9.17, 15) is 18.0 Å². The van der Waals surface area contributed by atoms with Gasteiger partial charge in [0.1, 0.15) is 6.54 Å². The molecule has 1 aromatic rings. The molecule has 0 aliphatic heterocycles. The Balaban J connectivity index is 2.52. The first-order valence-electron chi connectivity index (χ1n) is 3.47. The minimum absolute atomic E-state index is 0.251. The number of rotatable bonds is 2. The van der Waals surface area contributed by atoms with E-state index >= 15 is 0 Å². The summed E-state index contributed by atoms with van der Waals surface area (Å²) in [6.07, 6.45) is -4.37. The maximum absolute atomic E-state index is 11.7. The molecule has 0 aliphatic carbocycles. The van der Waals surface area contributed by atoms with E-state index in [0.29, 0.717) is 4.47 Å².